The first-order valence-electron chi connectivity index (χ1n) is 8.76. The maximum atomic E-state index is 13.8. The van der Waals surface area contributed by atoms with Crippen LogP contribution >= 0.6 is 0 Å². The summed E-state index contributed by atoms with van der Waals surface area (Å²) in [6.07, 6.45) is -4.43. The number of aromatic nitrogens is 3. The lowest BCUT2D eigenvalue weighted by atomic mass is 10.2. The number of imidazole rings is 1. The third kappa shape index (κ3) is 3.67. The summed E-state index contributed by atoms with van der Waals surface area (Å²) in [5, 5.41) is 12.3. The SMILES string of the molecule is Cc1nc2ccc(F)cc2n1-c1cc(C#N)cc(Nc2ccc(C(F)(F)F)cc2)n1. The molecule has 0 spiro atoms. The van der Waals surface area contributed by atoms with Crippen molar-refractivity contribution in [3.8, 4) is 11.9 Å². The van der Waals surface area contributed by atoms with Crippen molar-refractivity contribution in [1.29, 1.82) is 5.26 Å². The quantitative estimate of drug-likeness (QED) is 0.452. The summed E-state index contributed by atoms with van der Waals surface area (Å²) < 4.78 is 53.6. The summed E-state index contributed by atoms with van der Waals surface area (Å²) in [5.41, 5.74) is 0.919. The molecule has 0 amide bonds. The minimum absolute atomic E-state index is 0.251. The highest BCUT2D eigenvalue weighted by molar-refractivity contribution is 5.78. The third-order valence-electron chi connectivity index (χ3n) is 4.44. The fraction of sp³-hybridized carbons (Fsp3) is 0.0952. The Bertz CT molecular complexity index is 1280. The Balaban J connectivity index is 1.76. The monoisotopic (exact) mass is 411 g/mol. The van der Waals surface area contributed by atoms with Gasteiger partial charge in [-0.3, -0.25) is 4.57 Å². The molecule has 0 aliphatic rings. The highest BCUT2D eigenvalue weighted by atomic mass is 19.4. The third-order valence-corrected chi connectivity index (χ3v) is 4.44. The van der Waals surface area contributed by atoms with Gasteiger partial charge in [0.05, 0.1) is 28.2 Å². The highest BCUT2D eigenvalue weighted by Crippen LogP contribution is 2.30. The van der Waals surface area contributed by atoms with Crippen LogP contribution in [-0.2, 0) is 6.18 Å². The van der Waals surface area contributed by atoms with Gasteiger partial charge in [0.2, 0.25) is 0 Å². The van der Waals surface area contributed by atoms with Gasteiger partial charge in [0.1, 0.15) is 23.3 Å². The second-order valence-corrected chi connectivity index (χ2v) is 6.54. The molecule has 4 rings (SSSR count). The molecule has 0 fully saturated rings. The summed E-state index contributed by atoms with van der Waals surface area (Å²) in [5.74, 6) is 0.678. The van der Waals surface area contributed by atoms with Crippen molar-refractivity contribution in [3.63, 3.8) is 0 Å². The molecule has 1 N–H and O–H groups in total. The molecule has 150 valence electrons. The highest BCUT2D eigenvalue weighted by Gasteiger charge is 2.29. The summed E-state index contributed by atoms with van der Waals surface area (Å²) in [7, 11) is 0. The van der Waals surface area contributed by atoms with Gasteiger partial charge in [-0.15, -0.1) is 0 Å². The van der Waals surface area contributed by atoms with E-state index in [1.54, 1.807) is 17.6 Å². The van der Waals surface area contributed by atoms with Gasteiger partial charge in [0.25, 0.3) is 0 Å². The summed E-state index contributed by atoms with van der Waals surface area (Å²) in [4.78, 5) is 8.83. The first-order valence-corrected chi connectivity index (χ1v) is 8.76. The van der Waals surface area contributed by atoms with Gasteiger partial charge < -0.3 is 5.32 Å². The Labute approximate surface area is 168 Å². The van der Waals surface area contributed by atoms with Gasteiger partial charge in [-0.05, 0) is 55.5 Å². The molecule has 2 aromatic carbocycles. The number of hydrogen-bond donors (Lipinski definition) is 1. The molecule has 4 aromatic rings. The number of aryl methyl sites for hydroxylation is 1. The average molecular weight is 411 g/mol. The van der Waals surface area contributed by atoms with Gasteiger partial charge in [-0.25, -0.2) is 14.4 Å². The van der Waals surface area contributed by atoms with Gasteiger partial charge in [0.15, 0.2) is 0 Å². The molecule has 30 heavy (non-hydrogen) atoms. The first-order chi connectivity index (χ1) is 14.2. The van der Waals surface area contributed by atoms with Crippen molar-refractivity contribution in [2.45, 2.75) is 13.1 Å². The van der Waals surface area contributed by atoms with Gasteiger partial charge in [-0.1, -0.05) is 0 Å². The predicted octanol–water partition coefficient (Wildman–Crippen LogP) is 5.50. The van der Waals surface area contributed by atoms with Gasteiger partial charge >= 0.3 is 6.18 Å². The van der Waals surface area contributed by atoms with Crippen LogP contribution < -0.4 is 5.32 Å². The number of hydrogen-bond acceptors (Lipinski definition) is 4. The Morgan fingerprint density at radius 3 is 2.40 bits per heavy atom. The topological polar surface area (TPSA) is 66.5 Å². The Hall–Kier alpha value is -3.93. The van der Waals surface area contributed by atoms with Crippen LogP contribution in [-0.4, -0.2) is 14.5 Å². The second kappa shape index (κ2) is 7.15. The largest absolute Gasteiger partial charge is 0.416 e. The maximum absolute atomic E-state index is 13.8. The number of nitrogens with zero attached hydrogens (tertiary/aromatic N) is 4. The minimum Gasteiger partial charge on any atom is -0.340 e. The van der Waals surface area contributed by atoms with Crippen molar-refractivity contribution in [2.24, 2.45) is 0 Å². The molecule has 2 aromatic heterocycles. The number of halogens is 4. The molecule has 0 atom stereocenters. The zero-order chi connectivity index (χ0) is 21.5. The van der Waals surface area contributed by atoms with Crippen LogP contribution in [0.15, 0.2) is 54.6 Å². The molecule has 5 nitrogen and oxygen atoms in total. The lowest BCUT2D eigenvalue weighted by Crippen LogP contribution is -2.05. The Morgan fingerprint density at radius 2 is 1.73 bits per heavy atom. The molecule has 0 radical (unpaired) electrons. The zero-order valence-electron chi connectivity index (χ0n) is 15.5. The number of nitrogens with one attached hydrogen (secondary N) is 1. The van der Waals surface area contributed by atoms with E-state index in [1.165, 1.54) is 36.4 Å². The molecule has 2 heterocycles. The summed E-state index contributed by atoms with van der Waals surface area (Å²) in [6.45, 7) is 1.72. The number of anilines is 2. The van der Waals surface area contributed by atoms with Crippen LogP contribution in [0.2, 0.25) is 0 Å². The smallest absolute Gasteiger partial charge is 0.340 e. The summed E-state index contributed by atoms with van der Waals surface area (Å²) in [6, 6.07) is 13.6. The van der Waals surface area contributed by atoms with Crippen molar-refractivity contribution in [3.05, 3.63) is 77.4 Å². The minimum atomic E-state index is -4.43. The lowest BCUT2D eigenvalue weighted by Gasteiger charge is -2.12. The molecule has 0 aliphatic heterocycles. The molecular formula is C21H13F4N5. The molecule has 0 saturated carbocycles. The standard InChI is InChI=1S/C21H13F4N5/c1-12-27-17-7-4-15(22)10-18(17)30(12)20-9-13(11-26)8-19(29-20)28-16-5-2-14(3-6-16)21(23,24)25/h2-10H,1H3,(H,28,29). The number of pyridine rings is 1. The van der Waals surface area contributed by atoms with Gasteiger partial charge in [0, 0.05) is 11.8 Å². The Kier molecular flexibility index (Phi) is 4.62. The van der Waals surface area contributed by atoms with Crippen LogP contribution in [0.5, 0.6) is 0 Å². The zero-order valence-corrected chi connectivity index (χ0v) is 15.5. The van der Waals surface area contributed by atoms with Crippen molar-refractivity contribution >= 4 is 22.5 Å². The van der Waals surface area contributed by atoms with Crippen molar-refractivity contribution < 1.29 is 17.6 Å². The van der Waals surface area contributed by atoms with E-state index in [1.807, 2.05) is 6.07 Å². The number of benzene rings is 2. The number of alkyl halides is 3. The van der Waals surface area contributed by atoms with E-state index in [9.17, 15) is 22.8 Å². The average Bonchev–Trinajstić information content (AvgIpc) is 3.02. The van der Waals surface area contributed by atoms with Crippen LogP contribution in [0.1, 0.15) is 17.0 Å². The molecule has 0 bridgehead atoms. The van der Waals surface area contributed by atoms with E-state index in [0.717, 1.165) is 12.1 Å². The van der Waals surface area contributed by atoms with Crippen LogP contribution in [0.4, 0.5) is 29.1 Å². The van der Waals surface area contributed by atoms with Gasteiger partial charge in [-0.2, -0.15) is 18.4 Å². The second-order valence-electron chi connectivity index (χ2n) is 6.54. The fourth-order valence-corrected chi connectivity index (χ4v) is 3.11. The van der Waals surface area contributed by atoms with Crippen molar-refractivity contribution in [1.82, 2.24) is 14.5 Å². The first kappa shape index (κ1) is 19.4. The predicted molar refractivity (Wildman–Crippen MR) is 103 cm³/mol. The van der Waals surface area contributed by atoms with E-state index < -0.39 is 17.6 Å². The van der Waals surface area contributed by atoms with E-state index >= 15 is 0 Å². The molecule has 0 aliphatic carbocycles. The lowest BCUT2D eigenvalue weighted by molar-refractivity contribution is -0.137. The molecule has 9 heteroatoms. The number of fused-ring (bicyclic) bond motifs is 1. The van der Waals surface area contributed by atoms with Crippen LogP contribution in [0.3, 0.4) is 0 Å². The number of rotatable bonds is 3. The molecule has 0 unspecified atom stereocenters. The molecular weight excluding hydrogens is 398 g/mol. The van der Waals surface area contributed by atoms with Crippen molar-refractivity contribution in [2.75, 3.05) is 5.32 Å². The van der Waals surface area contributed by atoms with E-state index in [2.05, 4.69) is 15.3 Å². The summed E-state index contributed by atoms with van der Waals surface area (Å²) >= 11 is 0. The number of nitriles is 1. The molecule has 0 saturated heterocycles. The normalized spacial score (nSPS) is 11.5. The maximum Gasteiger partial charge on any atom is 0.416 e. The van der Waals surface area contributed by atoms with Crippen LogP contribution in [0.25, 0.3) is 16.9 Å². The van der Waals surface area contributed by atoms with E-state index in [0.29, 0.717) is 28.4 Å². The van der Waals surface area contributed by atoms with E-state index in [-0.39, 0.29) is 11.4 Å². The Morgan fingerprint density at radius 1 is 1.00 bits per heavy atom. The van der Waals surface area contributed by atoms with E-state index in [4.69, 9.17) is 0 Å². The fourth-order valence-electron chi connectivity index (χ4n) is 3.11. The van der Waals surface area contributed by atoms with Crippen LogP contribution in [0, 0.1) is 24.1 Å².